The van der Waals surface area contributed by atoms with E-state index in [1.165, 1.54) is 0 Å². The number of hydrogen-bond donors (Lipinski definition) is 3. The van der Waals surface area contributed by atoms with Crippen molar-refractivity contribution in [3.05, 3.63) is 34.9 Å². The molecule has 7 nitrogen and oxygen atoms in total. The van der Waals surface area contributed by atoms with Gasteiger partial charge in [-0.3, -0.25) is 9.59 Å². The first-order valence-corrected chi connectivity index (χ1v) is 8.50. The van der Waals surface area contributed by atoms with Crippen molar-refractivity contribution in [3.63, 3.8) is 0 Å². The summed E-state index contributed by atoms with van der Waals surface area (Å²) in [6.07, 6.45) is 1.41. The fraction of sp³-hybridized carbons (Fsp3) is 0.471. The Morgan fingerprint density at radius 3 is 2.36 bits per heavy atom. The molecule has 0 aliphatic rings. The molecule has 1 rings (SSSR count). The Kier molecular flexibility index (Phi) is 8.77. The van der Waals surface area contributed by atoms with E-state index in [1.807, 2.05) is 13.8 Å². The van der Waals surface area contributed by atoms with E-state index in [2.05, 4.69) is 10.6 Å². The lowest BCUT2D eigenvalue weighted by Gasteiger charge is -2.19. The molecule has 0 fully saturated rings. The molecule has 0 bridgehead atoms. The van der Waals surface area contributed by atoms with Crippen molar-refractivity contribution >= 4 is 29.5 Å². The number of rotatable bonds is 9. The van der Waals surface area contributed by atoms with Gasteiger partial charge in [0.05, 0.1) is 12.5 Å². The second kappa shape index (κ2) is 10.6. The average molecular weight is 370 g/mol. The molecule has 0 aliphatic carbocycles. The predicted molar refractivity (Wildman–Crippen MR) is 95.0 cm³/mol. The molecule has 0 saturated carbocycles. The Balaban J connectivity index is 2.63. The number of urea groups is 1. The molecule has 0 aromatic heterocycles. The van der Waals surface area contributed by atoms with Crippen LogP contribution in [0.4, 0.5) is 4.79 Å². The zero-order chi connectivity index (χ0) is 18.8. The first-order valence-electron chi connectivity index (χ1n) is 8.12. The zero-order valence-electron chi connectivity index (χ0n) is 14.4. The molecular formula is C17H24ClN3O4. The average Bonchev–Trinajstić information content (AvgIpc) is 2.57. The number of ether oxygens (including phenoxy) is 1. The number of primary amides is 1. The van der Waals surface area contributed by atoms with Crippen LogP contribution < -0.4 is 16.4 Å². The van der Waals surface area contributed by atoms with Gasteiger partial charge in [0, 0.05) is 11.1 Å². The SMILES string of the molecule is CCC(CC)NC(=O)COC(=O)C[C@H](NC(N)=O)c1ccccc1Cl. The predicted octanol–water partition coefficient (Wildman–Crippen LogP) is 2.29. The number of carbonyl (C=O) groups is 3. The van der Waals surface area contributed by atoms with E-state index < -0.39 is 18.0 Å². The van der Waals surface area contributed by atoms with Crippen molar-refractivity contribution in [1.82, 2.24) is 10.6 Å². The van der Waals surface area contributed by atoms with Gasteiger partial charge < -0.3 is 21.1 Å². The van der Waals surface area contributed by atoms with Crippen molar-refractivity contribution in [3.8, 4) is 0 Å². The second-order valence-electron chi connectivity index (χ2n) is 5.53. The summed E-state index contributed by atoms with van der Waals surface area (Å²) >= 11 is 6.09. The Labute approximate surface area is 152 Å². The van der Waals surface area contributed by atoms with Gasteiger partial charge >= 0.3 is 12.0 Å². The van der Waals surface area contributed by atoms with Crippen molar-refractivity contribution in [2.45, 2.75) is 45.2 Å². The molecule has 3 amide bonds. The van der Waals surface area contributed by atoms with Gasteiger partial charge in [-0.15, -0.1) is 0 Å². The third-order valence-electron chi connectivity index (χ3n) is 3.68. The standard InChI is InChI=1S/C17H24ClN3O4/c1-3-11(4-2)20-15(22)10-25-16(23)9-14(21-17(19)24)12-7-5-6-8-13(12)18/h5-8,11,14H,3-4,9-10H2,1-2H3,(H,20,22)(H3,19,21,24)/t14-/m0/s1. The highest BCUT2D eigenvalue weighted by Gasteiger charge is 2.21. The second-order valence-corrected chi connectivity index (χ2v) is 5.94. The third kappa shape index (κ3) is 7.43. The number of hydrogen-bond acceptors (Lipinski definition) is 4. The fourth-order valence-electron chi connectivity index (χ4n) is 2.30. The number of nitrogens with two attached hydrogens (primary N) is 1. The maximum atomic E-state index is 12.0. The monoisotopic (exact) mass is 369 g/mol. The van der Waals surface area contributed by atoms with Crippen molar-refractivity contribution in [2.24, 2.45) is 5.73 Å². The molecule has 1 aromatic rings. The maximum Gasteiger partial charge on any atom is 0.312 e. The van der Waals surface area contributed by atoms with Gasteiger partial charge in [0.25, 0.3) is 5.91 Å². The smallest absolute Gasteiger partial charge is 0.312 e. The molecule has 0 spiro atoms. The van der Waals surface area contributed by atoms with E-state index in [0.29, 0.717) is 10.6 Å². The number of benzene rings is 1. The molecule has 1 atom stereocenters. The lowest BCUT2D eigenvalue weighted by Crippen LogP contribution is -2.38. The van der Waals surface area contributed by atoms with E-state index in [9.17, 15) is 14.4 Å². The molecule has 0 heterocycles. The van der Waals surface area contributed by atoms with Crippen LogP contribution in [0.5, 0.6) is 0 Å². The van der Waals surface area contributed by atoms with Crippen LogP contribution in [-0.4, -0.2) is 30.6 Å². The van der Waals surface area contributed by atoms with Crippen LogP contribution in [0.25, 0.3) is 0 Å². The van der Waals surface area contributed by atoms with Gasteiger partial charge in [-0.25, -0.2) is 4.79 Å². The Bertz CT molecular complexity index is 605. The van der Waals surface area contributed by atoms with E-state index >= 15 is 0 Å². The molecule has 25 heavy (non-hydrogen) atoms. The van der Waals surface area contributed by atoms with E-state index in [-0.39, 0.29) is 25.0 Å². The van der Waals surface area contributed by atoms with Gasteiger partial charge in [0.2, 0.25) is 0 Å². The van der Waals surface area contributed by atoms with Crippen LogP contribution in [0.3, 0.4) is 0 Å². The molecule has 8 heteroatoms. The van der Waals surface area contributed by atoms with Gasteiger partial charge in [-0.05, 0) is 24.5 Å². The van der Waals surface area contributed by atoms with Gasteiger partial charge in [0.15, 0.2) is 6.61 Å². The largest absolute Gasteiger partial charge is 0.456 e. The van der Waals surface area contributed by atoms with E-state index in [1.54, 1.807) is 24.3 Å². The zero-order valence-corrected chi connectivity index (χ0v) is 15.1. The van der Waals surface area contributed by atoms with Crippen LogP contribution >= 0.6 is 11.6 Å². The summed E-state index contributed by atoms with van der Waals surface area (Å²) in [6, 6.07) is 5.30. The van der Waals surface area contributed by atoms with Crippen LogP contribution in [0, 0.1) is 0 Å². The summed E-state index contributed by atoms with van der Waals surface area (Å²) in [4.78, 5) is 35.0. The molecule has 138 valence electrons. The minimum atomic E-state index is -0.788. The topological polar surface area (TPSA) is 111 Å². The first kappa shape index (κ1) is 20.8. The summed E-state index contributed by atoms with van der Waals surface area (Å²) in [5, 5.41) is 5.62. The highest BCUT2D eigenvalue weighted by atomic mass is 35.5. The Morgan fingerprint density at radius 2 is 1.80 bits per heavy atom. The summed E-state index contributed by atoms with van der Waals surface area (Å²) in [7, 11) is 0. The van der Waals surface area contributed by atoms with Crippen LogP contribution in [-0.2, 0) is 14.3 Å². The van der Waals surface area contributed by atoms with Crippen molar-refractivity contribution < 1.29 is 19.1 Å². The van der Waals surface area contributed by atoms with Gasteiger partial charge in [-0.1, -0.05) is 43.6 Å². The molecule has 0 aliphatic heterocycles. The highest BCUT2D eigenvalue weighted by molar-refractivity contribution is 6.31. The normalized spacial score (nSPS) is 11.7. The molecule has 1 aromatic carbocycles. The lowest BCUT2D eigenvalue weighted by atomic mass is 10.0. The summed E-state index contributed by atoms with van der Waals surface area (Å²) < 4.78 is 4.98. The number of esters is 1. The number of amides is 3. The van der Waals surface area contributed by atoms with E-state index in [0.717, 1.165) is 12.8 Å². The summed E-state index contributed by atoms with van der Waals surface area (Å²) in [5.41, 5.74) is 5.70. The summed E-state index contributed by atoms with van der Waals surface area (Å²) in [5.74, 6) is -1.00. The van der Waals surface area contributed by atoms with E-state index in [4.69, 9.17) is 22.1 Å². The number of halogens is 1. The van der Waals surface area contributed by atoms with Crippen LogP contribution in [0.1, 0.15) is 44.7 Å². The molecule has 0 unspecified atom stereocenters. The van der Waals surface area contributed by atoms with Crippen molar-refractivity contribution in [2.75, 3.05) is 6.61 Å². The Hall–Kier alpha value is -2.28. The first-order chi connectivity index (χ1) is 11.9. The minimum Gasteiger partial charge on any atom is -0.456 e. The molecule has 0 saturated heterocycles. The van der Waals surface area contributed by atoms with Crippen LogP contribution in [0.15, 0.2) is 24.3 Å². The van der Waals surface area contributed by atoms with Gasteiger partial charge in [-0.2, -0.15) is 0 Å². The number of carbonyl (C=O) groups excluding carboxylic acids is 3. The molecule has 0 radical (unpaired) electrons. The maximum absolute atomic E-state index is 12.0. The lowest BCUT2D eigenvalue weighted by molar-refractivity contribution is -0.149. The molecular weight excluding hydrogens is 346 g/mol. The van der Waals surface area contributed by atoms with Crippen molar-refractivity contribution in [1.29, 1.82) is 0 Å². The molecule has 4 N–H and O–H groups in total. The highest BCUT2D eigenvalue weighted by Crippen LogP contribution is 2.25. The third-order valence-corrected chi connectivity index (χ3v) is 4.03. The van der Waals surface area contributed by atoms with Crippen LogP contribution in [0.2, 0.25) is 5.02 Å². The fourth-order valence-corrected chi connectivity index (χ4v) is 2.57. The summed E-state index contributed by atoms with van der Waals surface area (Å²) in [6.45, 7) is 3.55. The Morgan fingerprint density at radius 1 is 1.16 bits per heavy atom. The van der Waals surface area contributed by atoms with Gasteiger partial charge in [0.1, 0.15) is 0 Å². The quantitative estimate of drug-likeness (QED) is 0.580. The minimum absolute atomic E-state index is 0.0543. The number of nitrogens with one attached hydrogen (secondary N) is 2.